The summed E-state index contributed by atoms with van der Waals surface area (Å²) in [5, 5.41) is 2.80. The van der Waals surface area contributed by atoms with Crippen LogP contribution in [-0.4, -0.2) is 43.8 Å². The van der Waals surface area contributed by atoms with Crippen molar-refractivity contribution in [1.82, 2.24) is 14.7 Å². The summed E-state index contributed by atoms with van der Waals surface area (Å²) in [6.07, 6.45) is 2.08. The number of nitrogens with zero attached hydrogens (tertiary/aromatic N) is 3. The lowest BCUT2D eigenvalue weighted by Crippen LogP contribution is -2.34. The molecule has 0 aliphatic carbocycles. The predicted molar refractivity (Wildman–Crippen MR) is 90.4 cm³/mol. The number of para-hydroxylation sites is 1. The van der Waals surface area contributed by atoms with Gasteiger partial charge in [0.05, 0.1) is 5.25 Å². The van der Waals surface area contributed by atoms with E-state index < -0.39 is 15.3 Å². The van der Waals surface area contributed by atoms with Gasteiger partial charge in [-0.1, -0.05) is 18.2 Å². The normalized spacial score (nSPS) is 18.1. The van der Waals surface area contributed by atoms with Crippen LogP contribution in [0.25, 0.3) is 0 Å². The third kappa shape index (κ3) is 3.59. The van der Waals surface area contributed by atoms with Crippen molar-refractivity contribution >= 4 is 27.3 Å². The van der Waals surface area contributed by atoms with E-state index in [2.05, 4.69) is 20.0 Å². The summed E-state index contributed by atoms with van der Waals surface area (Å²) >= 11 is 0. The number of aromatic nitrogens is 2. The maximum absolute atomic E-state index is 11.9. The molecule has 7 nitrogen and oxygen atoms in total. The van der Waals surface area contributed by atoms with Crippen LogP contribution < -0.4 is 14.9 Å². The van der Waals surface area contributed by atoms with Gasteiger partial charge in [0.15, 0.2) is 0 Å². The minimum Gasteiger partial charge on any atom is -0.355 e. The van der Waals surface area contributed by atoms with Crippen molar-refractivity contribution in [1.29, 1.82) is 0 Å². The second-order valence-electron chi connectivity index (χ2n) is 5.36. The standard InChI is InChI=1S/C15H19N5O2S/c1-16-23(21,22)13-7-8-20(10-13)15-9-14(17-11-18-15)19-12-5-3-2-4-6-12/h2-6,9,11,13,16H,7-8,10H2,1H3,(H,17,18,19). The molecule has 23 heavy (non-hydrogen) atoms. The van der Waals surface area contributed by atoms with Crippen molar-refractivity contribution in [2.75, 3.05) is 30.4 Å². The highest BCUT2D eigenvalue weighted by molar-refractivity contribution is 7.90. The molecule has 0 amide bonds. The van der Waals surface area contributed by atoms with Gasteiger partial charge in [0.25, 0.3) is 0 Å². The smallest absolute Gasteiger partial charge is 0.216 e. The first-order valence-corrected chi connectivity index (χ1v) is 8.94. The highest BCUT2D eigenvalue weighted by atomic mass is 32.2. The molecular formula is C15H19N5O2S. The van der Waals surface area contributed by atoms with Gasteiger partial charge in [-0.3, -0.25) is 0 Å². The lowest BCUT2D eigenvalue weighted by Gasteiger charge is -2.18. The summed E-state index contributed by atoms with van der Waals surface area (Å²) in [6, 6.07) is 11.6. The second-order valence-corrected chi connectivity index (χ2v) is 7.52. The van der Waals surface area contributed by atoms with Crippen LogP contribution in [0.3, 0.4) is 0 Å². The summed E-state index contributed by atoms with van der Waals surface area (Å²) in [5.74, 6) is 1.41. The Morgan fingerprint density at radius 1 is 1.22 bits per heavy atom. The fourth-order valence-electron chi connectivity index (χ4n) is 2.61. The van der Waals surface area contributed by atoms with Crippen molar-refractivity contribution < 1.29 is 8.42 Å². The largest absolute Gasteiger partial charge is 0.355 e. The zero-order valence-corrected chi connectivity index (χ0v) is 13.6. The molecule has 0 spiro atoms. The molecular weight excluding hydrogens is 314 g/mol. The van der Waals surface area contributed by atoms with Crippen molar-refractivity contribution in [3.63, 3.8) is 0 Å². The minimum atomic E-state index is -3.25. The molecule has 1 aliphatic rings. The maximum atomic E-state index is 11.9. The van der Waals surface area contributed by atoms with E-state index in [1.807, 2.05) is 41.3 Å². The van der Waals surface area contributed by atoms with Crippen LogP contribution in [0.5, 0.6) is 0 Å². The van der Waals surface area contributed by atoms with E-state index in [4.69, 9.17) is 0 Å². The van der Waals surface area contributed by atoms with E-state index in [0.717, 1.165) is 11.5 Å². The van der Waals surface area contributed by atoms with E-state index in [0.29, 0.717) is 25.3 Å². The van der Waals surface area contributed by atoms with E-state index in [1.165, 1.54) is 13.4 Å². The van der Waals surface area contributed by atoms with Gasteiger partial charge in [-0.2, -0.15) is 0 Å². The first-order valence-electron chi connectivity index (χ1n) is 7.40. The molecule has 1 aromatic carbocycles. The molecule has 122 valence electrons. The van der Waals surface area contributed by atoms with Crippen molar-refractivity contribution in [2.45, 2.75) is 11.7 Å². The molecule has 8 heteroatoms. The van der Waals surface area contributed by atoms with Crippen molar-refractivity contribution in [3.05, 3.63) is 42.7 Å². The predicted octanol–water partition coefficient (Wildman–Crippen LogP) is 1.35. The third-order valence-electron chi connectivity index (χ3n) is 3.89. The Morgan fingerprint density at radius 2 is 2.00 bits per heavy atom. The van der Waals surface area contributed by atoms with Gasteiger partial charge >= 0.3 is 0 Å². The second kappa shape index (κ2) is 6.51. The molecule has 1 saturated heterocycles. The third-order valence-corrected chi connectivity index (χ3v) is 5.72. The summed E-state index contributed by atoms with van der Waals surface area (Å²) in [6.45, 7) is 1.10. The first kappa shape index (κ1) is 15.7. The summed E-state index contributed by atoms with van der Waals surface area (Å²) in [4.78, 5) is 10.4. The summed E-state index contributed by atoms with van der Waals surface area (Å²) < 4.78 is 26.2. The highest BCUT2D eigenvalue weighted by Gasteiger charge is 2.32. The van der Waals surface area contributed by atoms with Gasteiger partial charge in [-0.05, 0) is 25.6 Å². The average molecular weight is 333 g/mol. The van der Waals surface area contributed by atoms with Crippen LogP contribution in [0.2, 0.25) is 0 Å². The molecule has 1 aliphatic heterocycles. The molecule has 2 heterocycles. The Balaban J connectivity index is 1.73. The first-order chi connectivity index (χ1) is 11.1. The van der Waals surface area contributed by atoms with E-state index in [9.17, 15) is 8.42 Å². The molecule has 2 aromatic rings. The number of anilines is 3. The molecule has 1 aromatic heterocycles. The average Bonchev–Trinajstić information content (AvgIpc) is 3.07. The lowest BCUT2D eigenvalue weighted by atomic mass is 10.3. The Labute approximate surface area is 135 Å². The SMILES string of the molecule is CNS(=O)(=O)C1CCN(c2cc(Nc3ccccc3)ncn2)C1. The van der Waals surface area contributed by atoms with Crippen molar-refractivity contribution in [3.8, 4) is 0 Å². The maximum Gasteiger partial charge on any atom is 0.216 e. The van der Waals surface area contributed by atoms with Gasteiger partial charge in [-0.25, -0.2) is 23.1 Å². The topological polar surface area (TPSA) is 87.2 Å². The van der Waals surface area contributed by atoms with Crippen LogP contribution >= 0.6 is 0 Å². The Morgan fingerprint density at radius 3 is 2.74 bits per heavy atom. The molecule has 0 saturated carbocycles. The Bertz CT molecular complexity index is 766. The molecule has 0 radical (unpaired) electrons. The van der Waals surface area contributed by atoms with Gasteiger partial charge < -0.3 is 10.2 Å². The monoisotopic (exact) mass is 333 g/mol. The fraction of sp³-hybridized carbons (Fsp3) is 0.333. The minimum absolute atomic E-state index is 0.409. The number of hydrogen-bond donors (Lipinski definition) is 2. The Hall–Kier alpha value is -2.19. The van der Waals surface area contributed by atoms with Gasteiger partial charge in [0, 0.05) is 24.8 Å². The zero-order chi connectivity index (χ0) is 16.3. The number of hydrogen-bond acceptors (Lipinski definition) is 6. The molecule has 1 unspecified atom stereocenters. The summed E-state index contributed by atoms with van der Waals surface area (Å²) in [7, 11) is -1.80. The Kier molecular flexibility index (Phi) is 4.44. The fourth-order valence-corrected chi connectivity index (χ4v) is 3.74. The van der Waals surface area contributed by atoms with Crippen LogP contribution in [0.1, 0.15) is 6.42 Å². The lowest BCUT2D eigenvalue weighted by molar-refractivity contribution is 0.575. The number of nitrogens with one attached hydrogen (secondary N) is 2. The number of rotatable bonds is 5. The molecule has 1 atom stereocenters. The molecule has 3 rings (SSSR count). The zero-order valence-electron chi connectivity index (χ0n) is 12.8. The van der Waals surface area contributed by atoms with Crippen LogP contribution in [-0.2, 0) is 10.0 Å². The summed E-state index contributed by atoms with van der Waals surface area (Å²) in [5.41, 5.74) is 0.939. The quantitative estimate of drug-likeness (QED) is 0.859. The molecule has 2 N–H and O–H groups in total. The number of sulfonamides is 1. The molecule has 0 bridgehead atoms. The van der Waals surface area contributed by atoms with E-state index in [-0.39, 0.29) is 0 Å². The van der Waals surface area contributed by atoms with E-state index in [1.54, 1.807) is 0 Å². The van der Waals surface area contributed by atoms with Gasteiger partial charge in [-0.15, -0.1) is 0 Å². The van der Waals surface area contributed by atoms with Gasteiger partial charge in [0.1, 0.15) is 18.0 Å². The van der Waals surface area contributed by atoms with E-state index >= 15 is 0 Å². The van der Waals surface area contributed by atoms with Crippen LogP contribution in [0.4, 0.5) is 17.3 Å². The van der Waals surface area contributed by atoms with Gasteiger partial charge in [0.2, 0.25) is 10.0 Å². The van der Waals surface area contributed by atoms with Crippen LogP contribution in [0.15, 0.2) is 42.7 Å². The molecule has 1 fully saturated rings. The van der Waals surface area contributed by atoms with Crippen LogP contribution in [0, 0.1) is 0 Å². The highest BCUT2D eigenvalue weighted by Crippen LogP contribution is 2.24. The number of benzene rings is 1. The van der Waals surface area contributed by atoms with Crippen molar-refractivity contribution in [2.24, 2.45) is 0 Å².